The van der Waals surface area contributed by atoms with Crippen LogP contribution in [0.1, 0.15) is 102 Å². The van der Waals surface area contributed by atoms with Crippen LogP contribution in [0.25, 0.3) is 16.5 Å². The summed E-state index contributed by atoms with van der Waals surface area (Å²) in [5.74, 6) is -1.20. The fourth-order valence-corrected chi connectivity index (χ4v) is 12.3. The molecule has 2 aliphatic heterocycles. The van der Waals surface area contributed by atoms with Gasteiger partial charge in [0.2, 0.25) is 35.4 Å². The highest BCUT2D eigenvalue weighted by molar-refractivity contribution is 7.10. The molecule has 0 unspecified atom stereocenters. The minimum Gasteiger partial charge on any atom is -0.491 e. The molecule has 2 aromatic heterocycles. The number of piperazine rings is 1. The first-order valence-electron chi connectivity index (χ1n) is 29.2. The van der Waals surface area contributed by atoms with Crippen molar-refractivity contribution in [2.24, 2.45) is 5.92 Å². The second kappa shape index (κ2) is 30.7. The molecule has 3 aromatic carbocycles. The van der Waals surface area contributed by atoms with Crippen molar-refractivity contribution in [3.05, 3.63) is 123 Å². The normalized spacial score (nSPS) is 16.4. The minimum absolute atomic E-state index is 0.00367. The number of benzene rings is 3. The molecule has 24 heteroatoms. The molecule has 8 rings (SSSR count). The number of carbonyl (C=O) groups excluding carboxylic acids is 5. The average molecular weight is 1220 g/mol. The maximum Gasteiger partial charge on any atom is 0.407 e. The number of aromatic nitrogens is 3. The monoisotopic (exact) mass is 1220 g/mol. The van der Waals surface area contributed by atoms with Gasteiger partial charge < -0.3 is 54.7 Å². The molecule has 0 bridgehead atoms. The van der Waals surface area contributed by atoms with Crippen LogP contribution in [0.3, 0.4) is 0 Å². The molecular weight excluding hydrogens is 1150 g/mol. The SMILES string of the molecule is C=CC(=O)N1CCN(c2nc(NCCC(=O)N(C)CCOCCOCCOc3cccc(C(=O)c4csc([C@@H]5CCCN5C(=O)[C@@H](NC(=O)[C@H](C)N(C)C(=O)O)C5CCCCC5)n4)c3)nc3c(F)c(/C(=C/CO)c4ccccc4C)c(Cl)cc23)CC1. The number of halogens is 2. The molecule has 5 aromatic rings. The third-order valence-corrected chi connectivity index (χ3v) is 17.3. The van der Waals surface area contributed by atoms with Crippen LogP contribution in [0, 0.1) is 18.7 Å². The first-order chi connectivity index (χ1) is 41.5. The van der Waals surface area contributed by atoms with Crippen LogP contribution in [0.4, 0.5) is 21.0 Å². The van der Waals surface area contributed by atoms with E-state index in [9.17, 15) is 39.0 Å². The third-order valence-electron chi connectivity index (χ3n) is 16.0. The largest absolute Gasteiger partial charge is 0.491 e. The zero-order valence-corrected chi connectivity index (χ0v) is 50.7. The quantitative estimate of drug-likeness (QED) is 0.0223. The van der Waals surface area contributed by atoms with Crippen molar-refractivity contribution < 1.29 is 57.6 Å². The average Bonchev–Trinajstić information content (AvgIpc) is 3.40. The predicted octanol–water partition coefficient (Wildman–Crippen LogP) is 7.78. The lowest BCUT2D eigenvalue weighted by Crippen LogP contribution is -2.56. The number of carboxylic acid groups (broad SMARTS) is 1. The number of likely N-dealkylation sites (tertiary alicyclic amines) is 1. The molecule has 3 fully saturated rings. The highest BCUT2D eigenvalue weighted by atomic mass is 35.5. The molecule has 3 aliphatic rings. The highest BCUT2D eigenvalue weighted by Crippen LogP contribution is 2.40. The van der Waals surface area contributed by atoms with Crippen molar-refractivity contribution in [3.8, 4) is 5.75 Å². The van der Waals surface area contributed by atoms with E-state index >= 15 is 4.39 Å². The minimum atomic E-state index is -1.24. The lowest BCUT2D eigenvalue weighted by Gasteiger charge is -2.35. The van der Waals surface area contributed by atoms with Gasteiger partial charge in [-0.15, -0.1) is 11.3 Å². The van der Waals surface area contributed by atoms with Crippen molar-refractivity contribution in [2.45, 2.75) is 83.3 Å². The Balaban J connectivity index is 0.777. The first-order valence-corrected chi connectivity index (χ1v) is 30.4. The number of aliphatic hydroxyl groups excluding tert-OH is 1. The van der Waals surface area contributed by atoms with Gasteiger partial charge in [-0.2, -0.15) is 4.98 Å². The number of thiazole rings is 1. The lowest BCUT2D eigenvalue weighted by atomic mass is 9.83. The summed E-state index contributed by atoms with van der Waals surface area (Å²) in [6.45, 7) is 10.4. The number of nitrogens with zero attached hydrogens (tertiary/aromatic N) is 8. The molecule has 1 saturated carbocycles. The Morgan fingerprint density at radius 1 is 0.907 bits per heavy atom. The molecule has 4 N–H and O–H groups in total. The van der Waals surface area contributed by atoms with Crippen molar-refractivity contribution in [1.82, 2.24) is 39.9 Å². The molecule has 2 saturated heterocycles. The molecule has 21 nitrogen and oxygen atoms in total. The number of ether oxygens (including phenoxy) is 3. The third kappa shape index (κ3) is 15.9. The van der Waals surface area contributed by atoms with E-state index in [0.29, 0.717) is 84.4 Å². The molecule has 1 aliphatic carbocycles. The van der Waals surface area contributed by atoms with Gasteiger partial charge in [-0.3, -0.25) is 28.9 Å². The maximum absolute atomic E-state index is 17.0. The fourth-order valence-electron chi connectivity index (χ4n) is 11.0. The molecule has 3 atom stereocenters. The molecule has 4 heterocycles. The lowest BCUT2D eigenvalue weighted by molar-refractivity contribution is -0.140. The van der Waals surface area contributed by atoms with Gasteiger partial charge in [0, 0.05) is 88.2 Å². The number of anilines is 2. The van der Waals surface area contributed by atoms with Crippen LogP contribution in [-0.4, -0.2) is 192 Å². The zero-order chi connectivity index (χ0) is 61.4. The van der Waals surface area contributed by atoms with Gasteiger partial charge in [-0.05, 0) is 86.4 Å². The van der Waals surface area contributed by atoms with Gasteiger partial charge in [0.1, 0.15) is 46.5 Å². The summed E-state index contributed by atoms with van der Waals surface area (Å²) in [4.78, 5) is 101. The zero-order valence-electron chi connectivity index (χ0n) is 49.1. The van der Waals surface area contributed by atoms with E-state index in [0.717, 1.165) is 49.0 Å². The Bertz CT molecular complexity index is 3280. The number of aryl methyl sites for hydroxylation is 1. The summed E-state index contributed by atoms with van der Waals surface area (Å²) < 4.78 is 34.4. The summed E-state index contributed by atoms with van der Waals surface area (Å²) in [7, 11) is 3.00. The molecular formula is C62H76ClFN10O11S. The van der Waals surface area contributed by atoms with Crippen LogP contribution in [0.15, 0.2) is 78.7 Å². The second-order valence-corrected chi connectivity index (χ2v) is 22.9. The number of amides is 5. The van der Waals surface area contributed by atoms with E-state index in [1.807, 2.05) is 36.1 Å². The number of aliphatic hydroxyl groups is 1. The van der Waals surface area contributed by atoms with Crippen molar-refractivity contribution in [2.75, 3.05) is 110 Å². The fraction of sp³-hybridized carbons (Fsp3) is 0.468. The molecule has 0 spiro atoms. The van der Waals surface area contributed by atoms with Crippen LogP contribution in [0.5, 0.6) is 5.75 Å². The Labute approximate surface area is 509 Å². The van der Waals surface area contributed by atoms with Crippen molar-refractivity contribution in [3.63, 3.8) is 0 Å². The van der Waals surface area contributed by atoms with E-state index in [1.165, 1.54) is 37.5 Å². The smallest absolute Gasteiger partial charge is 0.407 e. The Hall–Kier alpha value is -7.57. The number of ketones is 1. The Kier molecular flexibility index (Phi) is 23.0. The Morgan fingerprint density at radius 2 is 1.64 bits per heavy atom. The summed E-state index contributed by atoms with van der Waals surface area (Å²) in [5, 5.41) is 28.4. The number of hydrogen-bond acceptors (Lipinski definition) is 16. The topological polar surface area (TPSA) is 249 Å². The molecule has 5 amide bonds. The highest BCUT2D eigenvalue weighted by Gasteiger charge is 2.41. The van der Waals surface area contributed by atoms with Gasteiger partial charge in [-0.25, -0.2) is 19.2 Å². The van der Waals surface area contributed by atoms with Crippen LogP contribution in [0.2, 0.25) is 5.02 Å². The van der Waals surface area contributed by atoms with Crippen LogP contribution in [-0.2, 0) is 28.7 Å². The standard InChI is InChI=1S/C62H76ClFN10O11S/c1-6-50(76)72-25-27-73(28-26-72)57-46-37-47(63)52(45(22-30-75)44-19-11-10-14-39(44)2)53(64)55(46)68-61(69-57)65-23-21-51(77)70(4)29-31-83-32-33-84-34-35-85-43-18-12-17-42(36-43)56(78)48-38-86-59(66-48)49-20-13-24-74(49)60(80)54(41-15-8-7-9-16-41)67-58(79)40(3)71(5)62(81)82/h6,10-12,14,17-19,22,36-38,40-41,49,54,75H,1,7-9,13,15-16,20-21,23-35H2,2-5H3,(H,67,79)(H,81,82)(H,65,68,69)/b45-22+/t40-,49-,54-/m0/s1. The molecule has 86 heavy (non-hydrogen) atoms. The maximum atomic E-state index is 17.0. The van der Waals surface area contributed by atoms with Crippen molar-refractivity contribution >= 4 is 86.7 Å². The number of rotatable bonds is 27. The van der Waals surface area contributed by atoms with Gasteiger partial charge >= 0.3 is 6.09 Å². The predicted molar refractivity (Wildman–Crippen MR) is 326 cm³/mol. The Morgan fingerprint density at radius 3 is 2.36 bits per heavy atom. The number of fused-ring (bicyclic) bond motifs is 1. The van der Waals surface area contributed by atoms with Crippen LogP contribution < -0.4 is 20.3 Å². The first kappa shape index (κ1) is 64.4. The van der Waals surface area contributed by atoms with Gasteiger partial charge in [-0.1, -0.05) is 79.9 Å². The van der Waals surface area contributed by atoms with Gasteiger partial charge in [0.05, 0.1) is 44.1 Å². The summed E-state index contributed by atoms with van der Waals surface area (Å²) in [6.07, 6.45) is 7.49. The van der Waals surface area contributed by atoms with E-state index in [1.54, 1.807) is 57.5 Å². The summed E-state index contributed by atoms with van der Waals surface area (Å²) in [6, 6.07) is 13.7. The summed E-state index contributed by atoms with van der Waals surface area (Å²) >= 11 is 8.21. The number of likely N-dealkylation sites (N-methyl/N-ethyl adjacent to an activating group) is 2. The number of hydrogen-bond donors (Lipinski definition) is 4. The van der Waals surface area contributed by atoms with E-state index < -0.39 is 29.9 Å². The second-order valence-electron chi connectivity index (χ2n) is 21.6. The summed E-state index contributed by atoms with van der Waals surface area (Å²) in [5.41, 5.74) is 2.67. The van der Waals surface area contributed by atoms with E-state index in [2.05, 4.69) is 22.2 Å². The van der Waals surface area contributed by atoms with Crippen molar-refractivity contribution in [1.29, 1.82) is 0 Å². The number of carbonyl (C=O) groups is 6. The van der Waals surface area contributed by atoms with E-state index in [-0.39, 0.29) is 116 Å². The van der Waals surface area contributed by atoms with E-state index in [4.69, 9.17) is 35.8 Å². The van der Waals surface area contributed by atoms with Gasteiger partial charge in [0.15, 0.2) is 5.82 Å². The molecule has 460 valence electrons. The number of nitrogens with one attached hydrogen (secondary N) is 2. The molecule has 0 radical (unpaired) electrons. The van der Waals surface area contributed by atoms with Gasteiger partial charge in [0.25, 0.3) is 0 Å². The van der Waals surface area contributed by atoms with Crippen LogP contribution >= 0.6 is 22.9 Å².